The summed E-state index contributed by atoms with van der Waals surface area (Å²) in [6.07, 6.45) is 5.90. The molecule has 2 heterocycles. The monoisotopic (exact) mass is 487 g/mol. The van der Waals surface area contributed by atoms with Crippen molar-refractivity contribution < 1.29 is 17.9 Å². The molecule has 0 amide bonds. The van der Waals surface area contributed by atoms with Gasteiger partial charge in [0.2, 0.25) is 0 Å². The first-order valence-electron chi connectivity index (χ1n) is 11.4. The summed E-state index contributed by atoms with van der Waals surface area (Å²) < 4.78 is 39.9. The number of aryl methyl sites for hydroxylation is 2. The quantitative estimate of drug-likeness (QED) is 0.401. The fourth-order valence-corrected chi connectivity index (χ4v) is 5.28. The van der Waals surface area contributed by atoms with Gasteiger partial charge in [-0.3, -0.25) is 4.57 Å². The largest absolute Gasteiger partial charge is 0.494 e. The second kappa shape index (κ2) is 10.9. The third-order valence-corrected chi connectivity index (χ3v) is 8.19. The van der Waals surface area contributed by atoms with Crippen LogP contribution in [0.5, 0.6) is 11.5 Å². The van der Waals surface area contributed by atoms with E-state index in [4.69, 9.17) is 9.47 Å². The molecule has 0 spiro atoms. The Balaban J connectivity index is 2.04. The smallest absolute Gasteiger partial charge is 0.160 e. The van der Waals surface area contributed by atoms with Crippen LogP contribution in [0, 0.1) is 6.92 Å². The highest BCUT2D eigenvalue weighted by Gasteiger charge is 2.32. The van der Waals surface area contributed by atoms with Crippen molar-refractivity contribution in [3.8, 4) is 17.2 Å². The minimum atomic E-state index is -3.63. The average molecular weight is 488 g/mol. The number of aromatic nitrogens is 5. The van der Waals surface area contributed by atoms with E-state index in [0.717, 1.165) is 18.4 Å². The molecular formula is C24H33N5O4S. The highest BCUT2D eigenvalue weighted by Crippen LogP contribution is 2.35. The molecule has 0 bridgehead atoms. The van der Waals surface area contributed by atoms with Gasteiger partial charge in [0.25, 0.3) is 0 Å². The van der Waals surface area contributed by atoms with Gasteiger partial charge < -0.3 is 9.47 Å². The Kier molecular flexibility index (Phi) is 8.24. The molecule has 0 saturated carbocycles. The third-order valence-electron chi connectivity index (χ3n) is 5.99. The molecule has 3 aromatic rings. The van der Waals surface area contributed by atoms with Crippen LogP contribution in [0.15, 0.2) is 30.6 Å². The fourth-order valence-electron chi connectivity index (χ4n) is 3.72. The van der Waals surface area contributed by atoms with Crippen molar-refractivity contribution in [2.75, 3.05) is 14.2 Å². The van der Waals surface area contributed by atoms with E-state index in [1.165, 1.54) is 0 Å². The van der Waals surface area contributed by atoms with E-state index in [-0.39, 0.29) is 11.7 Å². The topological polar surface area (TPSA) is 109 Å². The van der Waals surface area contributed by atoms with E-state index in [2.05, 4.69) is 27.1 Å². The Bertz CT molecular complexity index is 1190. The van der Waals surface area contributed by atoms with E-state index in [9.17, 15) is 8.42 Å². The van der Waals surface area contributed by atoms with Gasteiger partial charge in [0.1, 0.15) is 34.6 Å². The Morgan fingerprint density at radius 2 is 1.59 bits per heavy atom. The maximum Gasteiger partial charge on any atom is 0.160 e. The van der Waals surface area contributed by atoms with Crippen LogP contribution in [0.25, 0.3) is 5.69 Å². The lowest BCUT2D eigenvalue weighted by atomic mass is 10.1. The van der Waals surface area contributed by atoms with E-state index in [1.54, 1.807) is 50.2 Å². The lowest BCUT2D eigenvalue weighted by Gasteiger charge is -2.20. The predicted octanol–water partition coefficient (Wildman–Crippen LogP) is 3.83. The Morgan fingerprint density at radius 1 is 1.00 bits per heavy atom. The predicted molar refractivity (Wildman–Crippen MR) is 130 cm³/mol. The normalized spacial score (nSPS) is 13.5. The van der Waals surface area contributed by atoms with Crippen LogP contribution in [-0.4, -0.2) is 52.6 Å². The summed E-state index contributed by atoms with van der Waals surface area (Å²) in [5.74, 6) is 1.90. The number of para-hydroxylation sites is 1. The number of ether oxygens (including phenoxy) is 2. The van der Waals surface area contributed by atoms with Gasteiger partial charge in [-0.1, -0.05) is 26.3 Å². The van der Waals surface area contributed by atoms with Gasteiger partial charge in [-0.25, -0.2) is 18.4 Å². The summed E-state index contributed by atoms with van der Waals surface area (Å²) in [6.45, 7) is 7.49. The molecule has 0 N–H and O–H groups in total. The summed E-state index contributed by atoms with van der Waals surface area (Å²) in [7, 11) is -0.501. The van der Waals surface area contributed by atoms with E-state index >= 15 is 0 Å². The molecule has 0 aliphatic heterocycles. The van der Waals surface area contributed by atoms with E-state index in [1.807, 2.05) is 19.9 Å². The molecule has 0 aliphatic rings. The number of unbranched alkanes of at least 4 members (excludes halogenated alkanes) is 1. The van der Waals surface area contributed by atoms with Crippen molar-refractivity contribution in [2.45, 2.75) is 63.9 Å². The minimum Gasteiger partial charge on any atom is -0.494 e. The third kappa shape index (κ3) is 5.38. The van der Waals surface area contributed by atoms with Gasteiger partial charge in [-0.15, -0.1) is 10.2 Å². The minimum absolute atomic E-state index is 0.287. The lowest BCUT2D eigenvalue weighted by Crippen LogP contribution is -2.27. The van der Waals surface area contributed by atoms with Crippen LogP contribution in [0.3, 0.4) is 0 Å². The van der Waals surface area contributed by atoms with Crippen LogP contribution >= 0.6 is 0 Å². The standard InChI is InChI=1S/C24H33N5O4S/c1-7-8-12-21-27-28-22(29(21)23-19(32-5)10-9-11-20(23)33-6)15-34(30,31)18(4)17(3)24-25-13-16(2)14-26-24/h9-11,13-14,17-18H,7-8,12,15H2,1-6H3/t17-,18-/m0/s1. The summed E-state index contributed by atoms with van der Waals surface area (Å²) in [5, 5.41) is 7.93. The second-order valence-electron chi connectivity index (χ2n) is 8.40. The van der Waals surface area contributed by atoms with Gasteiger partial charge in [0.05, 0.1) is 19.5 Å². The molecular weight excluding hydrogens is 454 g/mol. The number of rotatable bonds is 11. The van der Waals surface area contributed by atoms with Crippen LogP contribution in [0.2, 0.25) is 0 Å². The zero-order valence-electron chi connectivity index (χ0n) is 20.6. The number of sulfone groups is 1. The molecule has 10 heteroatoms. The molecule has 1 aromatic carbocycles. The maximum atomic E-state index is 13.5. The first kappa shape index (κ1) is 25.6. The summed E-state index contributed by atoms with van der Waals surface area (Å²) in [6, 6.07) is 5.43. The van der Waals surface area contributed by atoms with E-state index < -0.39 is 15.1 Å². The Labute approximate surface area is 201 Å². The van der Waals surface area contributed by atoms with Crippen molar-refractivity contribution in [2.24, 2.45) is 0 Å². The molecule has 0 aliphatic carbocycles. The van der Waals surface area contributed by atoms with Crippen molar-refractivity contribution in [1.82, 2.24) is 24.7 Å². The zero-order chi connectivity index (χ0) is 24.9. The highest BCUT2D eigenvalue weighted by atomic mass is 32.2. The molecule has 3 rings (SSSR count). The van der Waals surface area contributed by atoms with Gasteiger partial charge in [-0.2, -0.15) is 0 Å². The first-order chi connectivity index (χ1) is 16.2. The van der Waals surface area contributed by atoms with Gasteiger partial charge >= 0.3 is 0 Å². The van der Waals surface area contributed by atoms with Crippen molar-refractivity contribution in [1.29, 1.82) is 0 Å². The summed E-state index contributed by atoms with van der Waals surface area (Å²) >= 11 is 0. The number of benzene rings is 1. The fraction of sp³-hybridized carbons (Fsp3) is 0.500. The van der Waals surface area contributed by atoms with Crippen LogP contribution < -0.4 is 9.47 Å². The molecule has 9 nitrogen and oxygen atoms in total. The average Bonchev–Trinajstić information content (AvgIpc) is 3.22. The zero-order valence-corrected chi connectivity index (χ0v) is 21.5. The van der Waals surface area contributed by atoms with Gasteiger partial charge in [0.15, 0.2) is 15.7 Å². The Morgan fingerprint density at radius 3 is 2.15 bits per heavy atom. The number of hydrogen-bond donors (Lipinski definition) is 0. The molecule has 0 unspecified atom stereocenters. The van der Waals surface area contributed by atoms with Crippen molar-refractivity contribution in [3.63, 3.8) is 0 Å². The number of methoxy groups -OCH3 is 2. The number of nitrogens with zero attached hydrogens (tertiary/aromatic N) is 5. The Hall–Kier alpha value is -3.01. The van der Waals surface area contributed by atoms with Crippen molar-refractivity contribution >= 4 is 9.84 Å². The molecule has 184 valence electrons. The van der Waals surface area contributed by atoms with Crippen LogP contribution in [-0.2, 0) is 22.0 Å². The lowest BCUT2D eigenvalue weighted by molar-refractivity contribution is 0.390. The van der Waals surface area contributed by atoms with Crippen LogP contribution in [0.4, 0.5) is 0 Å². The number of hydrogen-bond acceptors (Lipinski definition) is 8. The molecule has 0 fully saturated rings. The molecule has 0 saturated heterocycles. The highest BCUT2D eigenvalue weighted by molar-refractivity contribution is 7.91. The summed E-state index contributed by atoms with van der Waals surface area (Å²) in [4.78, 5) is 8.65. The van der Waals surface area contributed by atoms with Gasteiger partial charge in [-0.05, 0) is 38.0 Å². The molecule has 2 aromatic heterocycles. The van der Waals surface area contributed by atoms with Gasteiger partial charge in [0, 0.05) is 24.7 Å². The molecule has 34 heavy (non-hydrogen) atoms. The maximum absolute atomic E-state index is 13.5. The van der Waals surface area contributed by atoms with Crippen molar-refractivity contribution in [3.05, 3.63) is 53.6 Å². The first-order valence-corrected chi connectivity index (χ1v) is 13.1. The van der Waals surface area contributed by atoms with E-state index in [0.29, 0.717) is 41.1 Å². The SMILES string of the molecule is CCCCc1nnc(CS(=O)(=O)[C@@H](C)[C@H](C)c2ncc(C)cn2)n1-c1c(OC)cccc1OC. The second-order valence-corrected chi connectivity index (χ2v) is 10.8. The van der Waals surface area contributed by atoms with Crippen LogP contribution in [0.1, 0.15) is 62.6 Å². The molecule has 0 radical (unpaired) electrons. The summed E-state index contributed by atoms with van der Waals surface area (Å²) in [5.41, 5.74) is 1.52. The molecule has 2 atom stereocenters.